The number of aliphatic carboxylic acids is 1. The minimum Gasteiger partial charge on any atom is -0.481 e. The minimum absolute atomic E-state index is 0.0934. The summed E-state index contributed by atoms with van der Waals surface area (Å²) in [6, 6.07) is 0. The Morgan fingerprint density at radius 3 is 2.17 bits per heavy atom. The Balaban J connectivity index is 1.79. The number of hydrogen-bond acceptors (Lipinski definition) is 3. The molecule has 0 radical (unpaired) electrons. The zero-order valence-corrected chi connectivity index (χ0v) is 10.8. The van der Waals surface area contributed by atoms with Gasteiger partial charge in [0.2, 0.25) is 5.91 Å². The monoisotopic (exact) mass is 255 g/mol. The summed E-state index contributed by atoms with van der Waals surface area (Å²) in [6.45, 7) is 0.251. The summed E-state index contributed by atoms with van der Waals surface area (Å²) in [6.07, 6.45) is 5.54. The summed E-state index contributed by atoms with van der Waals surface area (Å²) in [5.74, 6) is -0.886. The van der Waals surface area contributed by atoms with E-state index < -0.39 is 11.4 Å². The largest absolute Gasteiger partial charge is 0.481 e. The molecule has 2 aliphatic rings. The van der Waals surface area contributed by atoms with Gasteiger partial charge in [-0.15, -0.1) is 0 Å². The lowest BCUT2D eigenvalue weighted by Gasteiger charge is -2.41. The van der Waals surface area contributed by atoms with Crippen molar-refractivity contribution < 1.29 is 19.4 Å². The molecule has 102 valence electrons. The van der Waals surface area contributed by atoms with E-state index in [9.17, 15) is 9.59 Å². The van der Waals surface area contributed by atoms with Gasteiger partial charge in [0, 0.05) is 13.7 Å². The zero-order valence-electron chi connectivity index (χ0n) is 10.8. The third-order valence-corrected chi connectivity index (χ3v) is 4.57. The third kappa shape index (κ3) is 2.36. The molecule has 2 rings (SSSR count). The van der Waals surface area contributed by atoms with Crippen molar-refractivity contribution in [3.8, 4) is 0 Å². The second-order valence-electron chi connectivity index (χ2n) is 5.63. The van der Waals surface area contributed by atoms with Crippen LogP contribution in [0.2, 0.25) is 0 Å². The predicted octanol–water partition coefficient (Wildman–Crippen LogP) is 1.32. The van der Waals surface area contributed by atoms with Crippen molar-refractivity contribution in [2.45, 2.75) is 50.5 Å². The van der Waals surface area contributed by atoms with Gasteiger partial charge in [0.05, 0.1) is 17.4 Å². The van der Waals surface area contributed by atoms with Crippen molar-refractivity contribution in [1.82, 2.24) is 5.32 Å². The lowest BCUT2D eigenvalue weighted by atomic mass is 9.68. The molecule has 0 aromatic carbocycles. The van der Waals surface area contributed by atoms with Crippen LogP contribution >= 0.6 is 0 Å². The Morgan fingerprint density at radius 1 is 1.22 bits per heavy atom. The normalized spacial score (nSPS) is 23.6. The average Bonchev–Trinajstić information content (AvgIpc) is 2.21. The summed E-state index contributed by atoms with van der Waals surface area (Å²) < 4.78 is 5.39. The van der Waals surface area contributed by atoms with E-state index in [0.717, 1.165) is 25.7 Å². The standard InChI is InChI=1S/C13H21NO4/c1-18-13(6-3-7-13)8-10(15)14-9-12(11(16)17)4-2-5-12/h2-9H2,1H3,(H,14,15)(H,16,17). The fraction of sp³-hybridized carbons (Fsp3) is 0.846. The Morgan fingerprint density at radius 2 is 1.83 bits per heavy atom. The summed E-state index contributed by atoms with van der Waals surface area (Å²) >= 11 is 0. The Bertz CT molecular complexity index is 339. The van der Waals surface area contributed by atoms with E-state index >= 15 is 0 Å². The summed E-state index contributed by atoms with van der Waals surface area (Å²) in [5, 5.41) is 11.9. The van der Waals surface area contributed by atoms with Crippen molar-refractivity contribution in [3.05, 3.63) is 0 Å². The summed E-state index contributed by atoms with van der Waals surface area (Å²) in [4.78, 5) is 23.0. The van der Waals surface area contributed by atoms with Crippen molar-refractivity contribution in [1.29, 1.82) is 0 Å². The lowest BCUT2D eigenvalue weighted by Crippen LogP contribution is -2.50. The van der Waals surface area contributed by atoms with Crippen LogP contribution in [0.3, 0.4) is 0 Å². The molecule has 2 N–H and O–H groups in total. The van der Waals surface area contributed by atoms with Crippen LogP contribution in [0.5, 0.6) is 0 Å². The molecule has 2 aliphatic carbocycles. The number of carboxylic acids is 1. The summed E-state index contributed by atoms with van der Waals surface area (Å²) in [7, 11) is 1.64. The molecule has 5 heteroatoms. The number of rotatable bonds is 6. The van der Waals surface area contributed by atoms with Gasteiger partial charge < -0.3 is 15.2 Å². The van der Waals surface area contributed by atoms with Gasteiger partial charge >= 0.3 is 5.97 Å². The van der Waals surface area contributed by atoms with Gasteiger partial charge in [0.1, 0.15) is 0 Å². The second-order valence-corrected chi connectivity index (χ2v) is 5.63. The molecule has 0 aromatic heterocycles. The molecule has 2 saturated carbocycles. The van der Waals surface area contributed by atoms with E-state index in [2.05, 4.69) is 5.32 Å². The number of hydrogen-bond donors (Lipinski definition) is 2. The quantitative estimate of drug-likeness (QED) is 0.750. The molecule has 0 atom stereocenters. The molecule has 0 heterocycles. The van der Waals surface area contributed by atoms with Crippen molar-refractivity contribution in [2.75, 3.05) is 13.7 Å². The molecule has 1 amide bonds. The molecular weight excluding hydrogens is 234 g/mol. The van der Waals surface area contributed by atoms with Crippen molar-refractivity contribution >= 4 is 11.9 Å². The van der Waals surface area contributed by atoms with Crippen molar-refractivity contribution in [2.24, 2.45) is 5.41 Å². The van der Waals surface area contributed by atoms with E-state index in [4.69, 9.17) is 9.84 Å². The average molecular weight is 255 g/mol. The number of carboxylic acid groups (broad SMARTS) is 1. The van der Waals surface area contributed by atoms with Gasteiger partial charge in [-0.1, -0.05) is 6.42 Å². The molecule has 5 nitrogen and oxygen atoms in total. The highest BCUT2D eigenvalue weighted by Gasteiger charge is 2.45. The number of carbonyl (C=O) groups is 2. The van der Waals surface area contributed by atoms with Gasteiger partial charge in [0.15, 0.2) is 0 Å². The van der Waals surface area contributed by atoms with Gasteiger partial charge in [-0.25, -0.2) is 0 Å². The lowest BCUT2D eigenvalue weighted by molar-refractivity contribution is -0.154. The maximum absolute atomic E-state index is 11.8. The number of methoxy groups -OCH3 is 1. The number of ether oxygens (including phenoxy) is 1. The first kappa shape index (κ1) is 13.3. The molecule has 0 aromatic rings. The highest BCUT2D eigenvalue weighted by atomic mass is 16.5. The van der Waals surface area contributed by atoms with Crippen LogP contribution in [0.1, 0.15) is 44.9 Å². The molecule has 0 aliphatic heterocycles. The number of nitrogens with one attached hydrogen (secondary N) is 1. The van der Waals surface area contributed by atoms with Crippen LogP contribution in [0.25, 0.3) is 0 Å². The molecule has 18 heavy (non-hydrogen) atoms. The fourth-order valence-corrected chi connectivity index (χ4v) is 2.72. The number of amides is 1. The van der Waals surface area contributed by atoms with Crippen LogP contribution in [0.4, 0.5) is 0 Å². The van der Waals surface area contributed by atoms with Crippen LogP contribution in [0, 0.1) is 5.41 Å². The van der Waals surface area contributed by atoms with Crippen molar-refractivity contribution in [3.63, 3.8) is 0 Å². The van der Waals surface area contributed by atoms with Gasteiger partial charge in [0.25, 0.3) is 0 Å². The highest BCUT2D eigenvalue weighted by molar-refractivity contribution is 5.80. The number of carbonyl (C=O) groups excluding carboxylic acids is 1. The van der Waals surface area contributed by atoms with Crippen LogP contribution < -0.4 is 5.32 Å². The maximum Gasteiger partial charge on any atom is 0.311 e. The Hall–Kier alpha value is -1.10. The Kier molecular flexibility index (Phi) is 3.61. The molecule has 0 saturated heterocycles. The van der Waals surface area contributed by atoms with Gasteiger partial charge in [-0.05, 0) is 32.1 Å². The molecule has 2 fully saturated rings. The SMILES string of the molecule is COC1(CC(=O)NCC2(C(=O)O)CCC2)CCC1. The molecule has 0 spiro atoms. The minimum atomic E-state index is -0.792. The van der Waals surface area contributed by atoms with Crippen LogP contribution in [-0.4, -0.2) is 36.2 Å². The van der Waals surface area contributed by atoms with E-state index in [-0.39, 0.29) is 18.1 Å². The van der Waals surface area contributed by atoms with E-state index in [1.165, 1.54) is 0 Å². The third-order valence-electron chi connectivity index (χ3n) is 4.57. The van der Waals surface area contributed by atoms with Crippen LogP contribution in [-0.2, 0) is 14.3 Å². The first-order valence-corrected chi connectivity index (χ1v) is 6.57. The Labute approximate surface area is 107 Å². The van der Waals surface area contributed by atoms with Gasteiger partial charge in [-0.3, -0.25) is 9.59 Å². The van der Waals surface area contributed by atoms with E-state index in [0.29, 0.717) is 19.3 Å². The topological polar surface area (TPSA) is 75.6 Å². The van der Waals surface area contributed by atoms with E-state index in [1.807, 2.05) is 0 Å². The predicted molar refractivity (Wildman–Crippen MR) is 65.1 cm³/mol. The van der Waals surface area contributed by atoms with Crippen LogP contribution in [0.15, 0.2) is 0 Å². The first-order chi connectivity index (χ1) is 8.52. The van der Waals surface area contributed by atoms with Gasteiger partial charge in [-0.2, -0.15) is 0 Å². The summed E-state index contributed by atoms with van der Waals surface area (Å²) in [5.41, 5.74) is -1.00. The smallest absolute Gasteiger partial charge is 0.311 e. The fourth-order valence-electron chi connectivity index (χ4n) is 2.72. The zero-order chi connectivity index (χ0) is 13.2. The first-order valence-electron chi connectivity index (χ1n) is 6.57. The molecule has 0 bridgehead atoms. The second kappa shape index (κ2) is 4.88. The maximum atomic E-state index is 11.8. The molecular formula is C13H21NO4. The van der Waals surface area contributed by atoms with E-state index in [1.54, 1.807) is 7.11 Å². The highest BCUT2D eigenvalue weighted by Crippen LogP contribution is 2.41. The molecule has 0 unspecified atom stereocenters.